The highest BCUT2D eigenvalue weighted by Crippen LogP contribution is 2.43. The molecule has 1 N–H and O–H groups in total. The maximum absolute atomic E-state index is 13.1. The fraction of sp³-hybridized carbons (Fsp3) is 0.263. The van der Waals surface area contributed by atoms with Crippen molar-refractivity contribution < 1.29 is 19.5 Å². The molecule has 2 bridgehead atoms. The molecular formula is C19H14N4O4. The number of urea groups is 1. The van der Waals surface area contributed by atoms with Gasteiger partial charge in [-0.05, 0) is 18.6 Å². The molecule has 4 amide bonds. The van der Waals surface area contributed by atoms with Crippen LogP contribution >= 0.6 is 0 Å². The first-order valence-corrected chi connectivity index (χ1v) is 8.60. The van der Waals surface area contributed by atoms with E-state index in [0.717, 1.165) is 4.90 Å². The van der Waals surface area contributed by atoms with E-state index in [1.807, 2.05) is 0 Å². The van der Waals surface area contributed by atoms with Gasteiger partial charge in [0.2, 0.25) is 0 Å². The fourth-order valence-electron chi connectivity index (χ4n) is 4.67. The maximum Gasteiger partial charge on any atom is 0.407 e. The second kappa shape index (κ2) is 5.20. The van der Waals surface area contributed by atoms with E-state index >= 15 is 0 Å². The van der Waals surface area contributed by atoms with Crippen LogP contribution in [-0.2, 0) is 4.79 Å². The molecule has 8 nitrogen and oxygen atoms in total. The molecule has 0 radical (unpaired) electrons. The molecule has 3 aliphatic heterocycles. The molecule has 27 heavy (non-hydrogen) atoms. The second-order valence-electron chi connectivity index (χ2n) is 6.99. The van der Waals surface area contributed by atoms with Crippen LogP contribution in [0.5, 0.6) is 0 Å². The monoisotopic (exact) mass is 362 g/mol. The van der Waals surface area contributed by atoms with Crippen molar-refractivity contribution in [3.63, 3.8) is 0 Å². The summed E-state index contributed by atoms with van der Waals surface area (Å²) < 4.78 is 0. The van der Waals surface area contributed by atoms with Crippen LogP contribution in [0.2, 0.25) is 0 Å². The molecule has 3 aliphatic rings. The number of carbonyl (C=O) groups is 3. The van der Waals surface area contributed by atoms with E-state index in [1.165, 1.54) is 9.80 Å². The Balaban J connectivity index is 1.62. The van der Waals surface area contributed by atoms with Crippen LogP contribution in [0.4, 0.5) is 15.3 Å². The van der Waals surface area contributed by atoms with Crippen LogP contribution in [0.3, 0.4) is 0 Å². The van der Waals surface area contributed by atoms with E-state index in [4.69, 9.17) is 0 Å². The highest BCUT2D eigenvalue weighted by atomic mass is 16.4. The van der Waals surface area contributed by atoms with E-state index in [-0.39, 0.29) is 12.6 Å². The van der Waals surface area contributed by atoms with Crippen molar-refractivity contribution in [3.8, 4) is 6.07 Å². The minimum Gasteiger partial charge on any atom is -0.465 e. The van der Waals surface area contributed by atoms with Gasteiger partial charge in [-0.25, -0.2) is 14.5 Å². The van der Waals surface area contributed by atoms with Gasteiger partial charge in [0.1, 0.15) is 6.04 Å². The molecule has 3 saturated heterocycles. The molecule has 8 heteroatoms. The number of rotatable bonds is 1. The minimum absolute atomic E-state index is 0.234. The standard InChI is InChI=1S/C19H14N4O4/c20-8-10-5-6-14(13-4-2-1-3-12(10)13)23-17(24)16-15-7-11(22(16)18(23)25)9-21(15)19(26)27/h1-6,11,15-16H,7,9H2,(H,26,27)/t11-,15-,16?/m0/s1. The summed E-state index contributed by atoms with van der Waals surface area (Å²) in [6.45, 7) is 0.234. The molecule has 2 aromatic carbocycles. The van der Waals surface area contributed by atoms with Gasteiger partial charge < -0.3 is 14.9 Å². The van der Waals surface area contributed by atoms with Crippen molar-refractivity contribution in [1.29, 1.82) is 5.26 Å². The van der Waals surface area contributed by atoms with E-state index in [2.05, 4.69) is 6.07 Å². The number of piperazine rings is 1. The Morgan fingerprint density at radius 1 is 1.15 bits per heavy atom. The number of fused-ring (bicyclic) bond motifs is 6. The van der Waals surface area contributed by atoms with Crippen molar-refractivity contribution in [2.45, 2.75) is 24.5 Å². The molecular weight excluding hydrogens is 348 g/mol. The first-order valence-electron chi connectivity index (χ1n) is 8.60. The number of hydrogen-bond acceptors (Lipinski definition) is 4. The Morgan fingerprint density at radius 3 is 2.59 bits per heavy atom. The lowest BCUT2D eigenvalue weighted by Gasteiger charge is -2.32. The van der Waals surface area contributed by atoms with Crippen LogP contribution in [0.1, 0.15) is 12.0 Å². The molecule has 0 saturated carbocycles. The largest absolute Gasteiger partial charge is 0.465 e. The summed E-state index contributed by atoms with van der Waals surface area (Å²) in [5, 5.41) is 20.0. The number of carbonyl (C=O) groups excluding carboxylic acids is 2. The van der Waals surface area contributed by atoms with Gasteiger partial charge in [-0.3, -0.25) is 4.79 Å². The number of likely N-dealkylation sites (tertiary alicyclic amines) is 1. The summed E-state index contributed by atoms with van der Waals surface area (Å²) in [5.74, 6) is -0.409. The Kier molecular flexibility index (Phi) is 3.01. The molecule has 1 unspecified atom stereocenters. The number of carboxylic acid groups (broad SMARTS) is 1. The predicted molar refractivity (Wildman–Crippen MR) is 94.1 cm³/mol. The Morgan fingerprint density at radius 2 is 1.89 bits per heavy atom. The lowest BCUT2D eigenvalue weighted by atomic mass is 10.0. The molecule has 3 atom stereocenters. The van der Waals surface area contributed by atoms with E-state index < -0.39 is 30.1 Å². The third kappa shape index (κ3) is 1.88. The Hall–Kier alpha value is -3.60. The number of amides is 4. The van der Waals surface area contributed by atoms with Gasteiger partial charge in [0.05, 0.1) is 29.4 Å². The summed E-state index contributed by atoms with van der Waals surface area (Å²) in [6.07, 6.45) is -0.569. The van der Waals surface area contributed by atoms with Crippen molar-refractivity contribution in [2.24, 2.45) is 0 Å². The van der Waals surface area contributed by atoms with Crippen molar-refractivity contribution in [2.75, 3.05) is 11.4 Å². The van der Waals surface area contributed by atoms with E-state index in [0.29, 0.717) is 28.4 Å². The average Bonchev–Trinajstić information content (AvgIpc) is 3.33. The number of nitrogens with zero attached hydrogens (tertiary/aromatic N) is 4. The third-order valence-electron chi connectivity index (χ3n) is 5.77. The summed E-state index contributed by atoms with van der Waals surface area (Å²) >= 11 is 0. The quantitative estimate of drug-likeness (QED) is 0.781. The zero-order valence-corrected chi connectivity index (χ0v) is 14.1. The molecule has 5 rings (SSSR count). The van der Waals surface area contributed by atoms with Crippen LogP contribution in [0.15, 0.2) is 36.4 Å². The maximum atomic E-state index is 13.1. The third-order valence-corrected chi connectivity index (χ3v) is 5.77. The van der Waals surface area contributed by atoms with E-state index in [1.54, 1.807) is 36.4 Å². The van der Waals surface area contributed by atoms with Gasteiger partial charge >= 0.3 is 12.1 Å². The van der Waals surface area contributed by atoms with Gasteiger partial charge in [0.15, 0.2) is 0 Å². The molecule has 0 spiro atoms. The molecule has 134 valence electrons. The van der Waals surface area contributed by atoms with Crippen LogP contribution in [-0.4, -0.2) is 57.6 Å². The lowest BCUT2D eigenvalue weighted by Crippen LogP contribution is -2.54. The summed E-state index contributed by atoms with van der Waals surface area (Å²) in [6, 6.07) is 10.5. The van der Waals surface area contributed by atoms with Gasteiger partial charge in [0, 0.05) is 17.3 Å². The Labute approximate surface area is 153 Å². The highest BCUT2D eigenvalue weighted by Gasteiger charge is 2.63. The molecule has 2 aromatic rings. The molecule has 0 aliphatic carbocycles. The van der Waals surface area contributed by atoms with Gasteiger partial charge in [-0.2, -0.15) is 5.26 Å². The number of nitriles is 1. The molecule has 3 heterocycles. The highest BCUT2D eigenvalue weighted by molar-refractivity contribution is 6.25. The van der Waals surface area contributed by atoms with Crippen LogP contribution in [0.25, 0.3) is 10.8 Å². The van der Waals surface area contributed by atoms with Gasteiger partial charge in [-0.15, -0.1) is 0 Å². The lowest BCUT2D eigenvalue weighted by molar-refractivity contribution is -0.121. The first-order chi connectivity index (χ1) is 13.0. The Bertz CT molecular complexity index is 1080. The summed E-state index contributed by atoms with van der Waals surface area (Å²) in [4.78, 5) is 41.6. The number of hydrogen-bond donors (Lipinski definition) is 1. The van der Waals surface area contributed by atoms with Crippen molar-refractivity contribution in [1.82, 2.24) is 9.80 Å². The smallest absolute Gasteiger partial charge is 0.407 e. The second-order valence-corrected chi connectivity index (χ2v) is 6.99. The predicted octanol–water partition coefficient (Wildman–Crippen LogP) is 1.98. The van der Waals surface area contributed by atoms with E-state index in [9.17, 15) is 24.8 Å². The fourth-order valence-corrected chi connectivity index (χ4v) is 4.67. The van der Waals surface area contributed by atoms with Crippen LogP contribution in [0, 0.1) is 11.3 Å². The zero-order valence-electron chi connectivity index (χ0n) is 14.1. The van der Waals surface area contributed by atoms with Gasteiger partial charge in [-0.1, -0.05) is 24.3 Å². The zero-order chi connectivity index (χ0) is 18.9. The van der Waals surface area contributed by atoms with Crippen molar-refractivity contribution in [3.05, 3.63) is 42.0 Å². The van der Waals surface area contributed by atoms with Gasteiger partial charge in [0.25, 0.3) is 5.91 Å². The number of benzene rings is 2. The number of anilines is 1. The topological polar surface area (TPSA) is 105 Å². The number of imide groups is 1. The summed E-state index contributed by atoms with van der Waals surface area (Å²) in [7, 11) is 0. The summed E-state index contributed by atoms with van der Waals surface area (Å²) in [5.41, 5.74) is 0.890. The first kappa shape index (κ1) is 15.6. The SMILES string of the molecule is N#Cc1ccc(N2C(=O)C3[C@@H]4C[C@@H](CN4C(=O)O)N3C2=O)c2ccccc12. The molecule has 0 aromatic heterocycles. The van der Waals surface area contributed by atoms with Crippen molar-refractivity contribution >= 4 is 34.5 Å². The average molecular weight is 362 g/mol. The van der Waals surface area contributed by atoms with Crippen LogP contribution < -0.4 is 4.90 Å². The normalized spacial score (nSPS) is 26.0. The molecule has 3 fully saturated rings. The minimum atomic E-state index is -1.07.